The third-order valence-electron chi connectivity index (χ3n) is 4.52. The minimum Gasteiger partial charge on any atom is -0.497 e. The fourth-order valence-electron chi connectivity index (χ4n) is 2.68. The predicted molar refractivity (Wildman–Crippen MR) is 114 cm³/mol. The second kappa shape index (κ2) is 9.59. The van der Waals surface area contributed by atoms with Crippen LogP contribution in [0, 0.1) is 13.8 Å². The Balaban J connectivity index is 1.46. The summed E-state index contributed by atoms with van der Waals surface area (Å²) in [5, 5.41) is 6.07. The Bertz CT molecular complexity index is 954. The molecule has 0 bridgehead atoms. The summed E-state index contributed by atoms with van der Waals surface area (Å²) in [5.74, 6) is 2.00. The van der Waals surface area contributed by atoms with Gasteiger partial charge in [-0.1, -0.05) is 6.07 Å². The zero-order valence-corrected chi connectivity index (χ0v) is 16.9. The van der Waals surface area contributed by atoms with Crippen LogP contribution < -0.4 is 20.1 Å². The van der Waals surface area contributed by atoms with Gasteiger partial charge < -0.3 is 20.1 Å². The van der Waals surface area contributed by atoms with E-state index in [2.05, 4.69) is 41.6 Å². The number of aryl methyl sites for hydroxylation is 2. The van der Waals surface area contributed by atoms with E-state index in [9.17, 15) is 4.79 Å². The van der Waals surface area contributed by atoms with Crippen LogP contribution in [0.1, 0.15) is 21.5 Å². The number of amides is 1. The molecule has 0 unspecified atom stereocenters. The molecule has 3 aromatic rings. The molecule has 1 heterocycles. The van der Waals surface area contributed by atoms with Crippen molar-refractivity contribution in [3.8, 4) is 11.5 Å². The van der Waals surface area contributed by atoms with Gasteiger partial charge in [-0.3, -0.25) is 4.79 Å². The molecular weight excluding hydrogens is 366 g/mol. The summed E-state index contributed by atoms with van der Waals surface area (Å²) in [5.41, 5.74) is 3.92. The van der Waals surface area contributed by atoms with E-state index in [0.717, 1.165) is 17.2 Å². The number of hydrogen-bond donors (Lipinski definition) is 2. The maximum Gasteiger partial charge on any atom is 0.252 e. The van der Waals surface area contributed by atoms with Gasteiger partial charge in [0, 0.05) is 11.9 Å². The smallest absolute Gasteiger partial charge is 0.252 e. The first kappa shape index (κ1) is 20.2. The minimum absolute atomic E-state index is 0.187. The zero-order chi connectivity index (χ0) is 20.6. The van der Waals surface area contributed by atoms with Crippen molar-refractivity contribution in [3.63, 3.8) is 0 Å². The molecule has 1 amide bonds. The van der Waals surface area contributed by atoms with Crippen molar-refractivity contribution in [1.29, 1.82) is 0 Å². The number of anilines is 2. The van der Waals surface area contributed by atoms with Gasteiger partial charge in [0.1, 0.15) is 23.9 Å². The number of rotatable bonds is 8. The summed E-state index contributed by atoms with van der Waals surface area (Å²) in [6.07, 6.45) is 1.56. The van der Waals surface area contributed by atoms with Crippen LogP contribution in [0.3, 0.4) is 0 Å². The molecule has 2 N–H and O–H groups in total. The molecule has 0 aliphatic heterocycles. The molecule has 2 aromatic carbocycles. The highest BCUT2D eigenvalue weighted by Crippen LogP contribution is 2.19. The summed E-state index contributed by atoms with van der Waals surface area (Å²) in [7, 11) is 1.62. The van der Waals surface area contributed by atoms with Crippen LogP contribution in [0.25, 0.3) is 0 Å². The molecule has 0 fully saturated rings. The van der Waals surface area contributed by atoms with E-state index < -0.39 is 0 Å². The Kier molecular flexibility index (Phi) is 6.68. The van der Waals surface area contributed by atoms with Gasteiger partial charge in [-0.25, -0.2) is 4.98 Å². The van der Waals surface area contributed by atoms with Gasteiger partial charge in [-0.05, 0) is 73.5 Å². The standard InChI is InChI=1S/C23H25N3O3/c1-16-4-6-19(14-17(16)2)26-22-11-5-18(15-25-22)23(27)24-12-13-29-21-9-7-20(28-3)8-10-21/h4-11,14-15H,12-13H2,1-3H3,(H,24,27)(H,25,26). The third kappa shape index (κ3) is 5.72. The summed E-state index contributed by atoms with van der Waals surface area (Å²) in [6.45, 7) is 4.91. The lowest BCUT2D eigenvalue weighted by Gasteiger charge is -2.10. The van der Waals surface area contributed by atoms with Crippen LogP contribution in [0.15, 0.2) is 60.8 Å². The van der Waals surface area contributed by atoms with E-state index in [1.807, 2.05) is 30.3 Å². The predicted octanol–water partition coefficient (Wildman–Crippen LogP) is 4.26. The van der Waals surface area contributed by atoms with E-state index in [4.69, 9.17) is 9.47 Å². The van der Waals surface area contributed by atoms with Gasteiger partial charge in [0.25, 0.3) is 5.91 Å². The van der Waals surface area contributed by atoms with Crippen molar-refractivity contribution in [2.75, 3.05) is 25.6 Å². The largest absolute Gasteiger partial charge is 0.497 e. The summed E-state index contributed by atoms with van der Waals surface area (Å²) < 4.78 is 10.7. The Morgan fingerprint density at radius 3 is 2.38 bits per heavy atom. The first-order valence-electron chi connectivity index (χ1n) is 9.40. The van der Waals surface area contributed by atoms with Crippen molar-refractivity contribution in [3.05, 3.63) is 77.5 Å². The average molecular weight is 391 g/mol. The number of carbonyl (C=O) groups is 1. The normalized spacial score (nSPS) is 10.3. The molecule has 0 atom stereocenters. The van der Waals surface area contributed by atoms with Crippen LogP contribution in [0.5, 0.6) is 11.5 Å². The molecule has 6 nitrogen and oxygen atoms in total. The zero-order valence-electron chi connectivity index (χ0n) is 16.9. The van der Waals surface area contributed by atoms with E-state index in [1.54, 1.807) is 25.4 Å². The van der Waals surface area contributed by atoms with Crippen LogP contribution in [0.2, 0.25) is 0 Å². The first-order valence-corrected chi connectivity index (χ1v) is 9.40. The molecule has 0 spiro atoms. The molecule has 29 heavy (non-hydrogen) atoms. The van der Waals surface area contributed by atoms with Gasteiger partial charge in [-0.2, -0.15) is 0 Å². The van der Waals surface area contributed by atoms with Crippen LogP contribution >= 0.6 is 0 Å². The molecule has 0 aliphatic carbocycles. The molecular formula is C23H25N3O3. The Morgan fingerprint density at radius 2 is 1.72 bits per heavy atom. The maximum absolute atomic E-state index is 12.2. The fraction of sp³-hybridized carbons (Fsp3) is 0.217. The van der Waals surface area contributed by atoms with Crippen molar-refractivity contribution in [2.24, 2.45) is 0 Å². The molecule has 0 aliphatic rings. The van der Waals surface area contributed by atoms with E-state index in [-0.39, 0.29) is 5.91 Å². The van der Waals surface area contributed by atoms with E-state index in [1.165, 1.54) is 11.1 Å². The topological polar surface area (TPSA) is 72.5 Å². The highest BCUT2D eigenvalue weighted by Gasteiger charge is 2.06. The molecule has 0 radical (unpaired) electrons. The third-order valence-corrected chi connectivity index (χ3v) is 4.52. The summed E-state index contributed by atoms with van der Waals surface area (Å²) >= 11 is 0. The molecule has 3 rings (SSSR count). The number of methoxy groups -OCH3 is 1. The number of hydrogen-bond acceptors (Lipinski definition) is 5. The molecule has 6 heteroatoms. The van der Waals surface area contributed by atoms with Crippen molar-refractivity contribution in [2.45, 2.75) is 13.8 Å². The van der Waals surface area contributed by atoms with E-state index >= 15 is 0 Å². The molecule has 1 aromatic heterocycles. The lowest BCUT2D eigenvalue weighted by atomic mass is 10.1. The minimum atomic E-state index is -0.187. The van der Waals surface area contributed by atoms with Gasteiger partial charge in [0.15, 0.2) is 0 Å². The van der Waals surface area contributed by atoms with Crippen LogP contribution in [0.4, 0.5) is 11.5 Å². The highest BCUT2D eigenvalue weighted by atomic mass is 16.5. The van der Waals surface area contributed by atoms with Crippen molar-refractivity contribution in [1.82, 2.24) is 10.3 Å². The second-order valence-corrected chi connectivity index (χ2v) is 6.64. The molecule has 150 valence electrons. The number of aromatic nitrogens is 1. The van der Waals surface area contributed by atoms with Gasteiger partial charge in [-0.15, -0.1) is 0 Å². The second-order valence-electron chi connectivity index (χ2n) is 6.64. The number of nitrogens with one attached hydrogen (secondary N) is 2. The summed E-state index contributed by atoms with van der Waals surface area (Å²) in [6, 6.07) is 17.0. The Hall–Kier alpha value is -3.54. The van der Waals surface area contributed by atoms with E-state index in [0.29, 0.717) is 24.5 Å². The number of ether oxygens (including phenoxy) is 2. The first-order chi connectivity index (χ1) is 14.0. The van der Waals surface area contributed by atoms with Crippen molar-refractivity contribution < 1.29 is 14.3 Å². The number of pyridine rings is 1. The Labute approximate surface area is 170 Å². The SMILES string of the molecule is COc1ccc(OCCNC(=O)c2ccc(Nc3ccc(C)c(C)c3)nc2)cc1. The van der Waals surface area contributed by atoms with Crippen molar-refractivity contribution >= 4 is 17.4 Å². The average Bonchev–Trinajstić information content (AvgIpc) is 2.74. The van der Waals surface area contributed by atoms with Gasteiger partial charge in [0.2, 0.25) is 0 Å². The van der Waals surface area contributed by atoms with Crippen LogP contribution in [-0.2, 0) is 0 Å². The van der Waals surface area contributed by atoms with Gasteiger partial charge >= 0.3 is 0 Å². The number of benzene rings is 2. The monoisotopic (exact) mass is 391 g/mol. The fourth-order valence-corrected chi connectivity index (χ4v) is 2.68. The maximum atomic E-state index is 12.2. The Morgan fingerprint density at radius 1 is 0.966 bits per heavy atom. The lowest BCUT2D eigenvalue weighted by Crippen LogP contribution is -2.28. The summed E-state index contributed by atoms with van der Waals surface area (Å²) in [4.78, 5) is 16.6. The molecule has 0 saturated carbocycles. The van der Waals surface area contributed by atoms with Gasteiger partial charge in [0.05, 0.1) is 19.2 Å². The number of nitrogens with zero attached hydrogens (tertiary/aromatic N) is 1. The number of carbonyl (C=O) groups excluding carboxylic acids is 1. The quantitative estimate of drug-likeness (QED) is 0.562. The lowest BCUT2D eigenvalue weighted by molar-refractivity contribution is 0.0946. The highest BCUT2D eigenvalue weighted by molar-refractivity contribution is 5.94. The molecule has 0 saturated heterocycles. The van der Waals surface area contributed by atoms with Crippen LogP contribution in [-0.4, -0.2) is 31.2 Å².